The van der Waals surface area contributed by atoms with E-state index in [-0.39, 0.29) is 40.6 Å². The molecule has 2 saturated heterocycles. The van der Waals surface area contributed by atoms with Gasteiger partial charge in [0.25, 0.3) is 5.92 Å². The Balaban J connectivity index is 1.29. The number of alkyl halides is 5. The van der Waals surface area contributed by atoms with Gasteiger partial charge in [0, 0.05) is 36.9 Å². The fourth-order valence-electron chi connectivity index (χ4n) is 5.22. The molecule has 0 radical (unpaired) electrons. The van der Waals surface area contributed by atoms with Crippen LogP contribution in [-0.2, 0) is 12.1 Å². The first-order valence-corrected chi connectivity index (χ1v) is 14.2. The molecule has 0 aromatic heterocycles. The molecule has 1 atom stereocenters. The van der Waals surface area contributed by atoms with Crippen molar-refractivity contribution in [2.45, 2.75) is 56.8 Å². The van der Waals surface area contributed by atoms with Crippen LogP contribution in [0.5, 0.6) is 23.0 Å². The molecule has 11 heteroatoms. The summed E-state index contributed by atoms with van der Waals surface area (Å²) < 4.78 is 82.2. The molecule has 226 valence electrons. The van der Waals surface area contributed by atoms with Crippen LogP contribution < -0.4 is 30.7 Å². The molecule has 42 heavy (non-hydrogen) atoms. The standard InChI is InChI=1S/C31H35F5N4O2/c1-30(32,33)26-17-21(40-23-3-2-14-38-19-23)4-10-28(26)41-24-6-8-25(9-7-24)42-29-11-5-22(18-27(29)31(34,35)36)39-20-12-15-37-16-13-20/h4-11,17-18,20,23,37-40H,2-3,12-16,19H2,1H3. The summed E-state index contributed by atoms with van der Waals surface area (Å²) in [5, 5.41) is 13.0. The number of piperidine rings is 2. The van der Waals surface area contributed by atoms with Crippen LogP contribution >= 0.6 is 0 Å². The van der Waals surface area contributed by atoms with E-state index in [2.05, 4.69) is 21.3 Å². The first-order chi connectivity index (χ1) is 20.0. The van der Waals surface area contributed by atoms with Crippen molar-refractivity contribution in [1.82, 2.24) is 10.6 Å². The average Bonchev–Trinajstić information content (AvgIpc) is 2.96. The van der Waals surface area contributed by atoms with Gasteiger partial charge in [0.05, 0.1) is 5.56 Å². The van der Waals surface area contributed by atoms with Gasteiger partial charge in [0.2, 0.25) is 0 Å². The second-order valence-electron chi connectivity index (χ2n) is 10.8. The van der Waals surface area contributed by atoms with Crippen molar-refractivity contribution in [2.75, 3.05) is 36.8 Å². The quantitative estimate of drug-likeness (QED) is 0.191. The topological polar surface area (TPSA) is 66.6 Å². The highest BCUT2D eigenvalue weighted by atomic mass is 19.4. The number of hydrogen-bond donors (Lipinski definition) is 4. The van der Waals surface area contributed by atoms with Crippen molar-refractivity contribution in [3.8, 4) is 23.0 Å². The van der Waals surface area contributed by atoms with E-state index in [9.17, 15) is 22.0 Å². The predicted molar refractivity (Wildman–Crippen MR) is 153 cm³/mol. The van der Waals surface area contributed by atoms with E-state index in [4.69, 9.17) is 9.47 Å². The largest absolute Gasteiger partial charge is 0.457 e. The van der Waals surface area contributed by atoms with Crippen LogP contribution in [-0.4, -0.2) is 38.3 Å². The van der Waals surface area contributed by atoms with Crippen molar-refractivity contribution in [2.24, 2.45) is 0 Å². The Morgan fingerprint density at radius 1 is 0.667 bits per heavy atom. The highest BCUT2D eigenvalue weighted by Crippen LogP contribution is 2.41. The van der Waals surface area contributed by atoms with Crippen molar-refractivity contribution in [1.29, 1.82) is 0 Å². The Morgan fingerprint density at radius 2 is 1.21 bits per heavy atom. The molecule has 5 rings (SSSR count). The highest BCUT2D eigenvalue weighted by molar-refractivity contribution is 5.55. The number of ether oxygens (including phenoxy) is 2. The van der Waals surface area contributed by atoms with Gasteiger partial charge in [-0.05, 0) is 106 Å². The lowest BCUT2D eigenvalue weighted by atomic mass is 10.0. The van der Waals surface area contributed by atoms with Crippen LogP contribution in [0.4, 0.5) is 33.3 Å². The van der Waals surface area contributed by atoms with E-state index in [0.717, 1.165) is 64.9 Å². The van der Waals surface area contributed by atoms with Gasteiger partial charge in [0.15, 0.2) is 0 Å². The van der Waals surface area contributed by atoms with Crippen LogP contribution in [0.1, 0.15) is 43.7 Å². The maximum Gasteiger partial charge on any atom is 0.420 e. The molecule has 1 unspecified atom stereocenters. The SMILES string of the molecule is CC(F)(F)c1cc(NC2CCCNC2)ccc1Oc1ccc(Oc2ccc(NC3CCNCC3)cc2C(F)(F)F)cc1. The van der Waals surface area contributed by atoms with Crippen molar-refractivity contribution >= 4 is 11.4 Å². The van der Waals surface area contributed by atoms with Gasteiger partial charge in [-0.15, -0.1) is 0 Å². The number of rotatable bonds is 9. The summed E-state index contributed by atoms with van der Waals surface area (Å²) in [7, 11) is 0. The Labute approximate surface area is 242 Å². The molecule has 0 amide bonds. The second-order valence-corrected chi connectivity index (χ2v) is 10.8. The molecule has 2 aliphatic rings. The Hall–Kier alpha value is -3.57. The minimum absolute atomic E-state index is 0.0142. The summed E-state index contributed by atoms with van der Waals surface area (Å²) in [4.78, 5) is 0. The molecule has 4 N–H and O–H groups in total. The van der Waals surface area contributed by atoms with Gasteiger partial charge in [-0.2, -0.15) is 13.2 Å². The molecule has 0 aliphatic carbocycles. The third-order valence-corrected chi connectivity index (χ3v) is 7.39. The molecule has 2 aliphatic heterocycles. The summed E-state index contributed by atoms with van der Waals surface area (Å²) in [6, 6.07) is 14.6. The van der Waals surface area contributed by atoms with E-state index in [0.29, 0.717) is 11.4 Å². The van der Waals surface area contributed by atoms with Crippen LogP contribution in [0.3, 0.4) is 0 Å². The molecule has 0 spiro atoms. The molecular formula is C31H35F5N4O2. The monoisotopic (exact) mass is 590 g/mol. The fraction of sp³-hybridized carbons (Fsp3) is 0.419. The lowest BCUT2D eigenvalue weighted by Gasteiger charge is -2.26. The summed E-state index contributed by atoms with van der Waals surface area (Å²) in [5.41, 5.74) is -0.210. The third-order valence-electron chi connectivity index (χ3n) is 7.39. The van der Waals surface area contributed by atoms with Gasteiger partial charge in [-0.1, -0.05) is 0 Å². The summed E-state index contributed by atoms with van der Waals surface area (Å²) >= 11 is 0. The van der Waals surface area contributed by atoms with Gasteiger partial charge in [0.1, 0.15) is 28.6 Å². The lowest BCUT2D eigenvalue weighted by molar-refractivity contribution is -0.138. The minimum Gasteiger partial charge on any atom is -0.457 e. The molecule has 2 heterocycles. The zero-order chi connectivity index (χ0) is 29.7. The van der Waals surface area contributed by atoms with E-state index < -0.39 is 17.7 Å². The summed E-state index contributed by atoms with van der Waals surface area (Å²) in [6.07, 6.45) is -1.02. The molecule has 2 fully saturated rings. The van der Waals surface area contributed by atoms with Crippen molar-refractivity contribution < 1.29 is 31.4 Å². The predicted octanol–water partition coefficient (Wildman–Crippen LogP) is 7.73. The zero-order valence-corrected chi connectivity index (χ0v) is 23.3. The Kier molecular flexibility index (Phi) is 9.08. The smallest absolute Gasteiger partial charge is 0.420 e. The lowest BCUT2D eigenvalue weighted by Crippen LogP contribution is -2.38. The normalized spacial score (nSPS) is 18.4. The maximum absolute atomic E-state index is 14.5. The van der Waals surface area contributed by atoms with Crippen molar-refractivity contribution in [3.05, 3.63) is 71.8 Å². The number of hydrogen-bond acceptors (Lipinski definition) is 6. The molecule has 3 aromatic carbocycles. The van der Waals surface area contributed by atoms with Crippen molar-refractivity contribution in [3.63, 3.8) is 0 Å². The molecule has 6 nitrogen and oxygen atoms in total. The number of benzene rings is 3. The molecule has 3 aromatic rings. The van der Waals surface area contributed by atoms with Crippen LogP contribution in [0.25, 0.3) is 0 Å². The number of anilines is 2. The van der Waals surface area contributed by atoms with E-state index in [1.54, 1.807) is 12.1 Å². The van der Waals surface area contributed by atoms with Crippen LogP contribution in [0.15, 0.2) is 60.7 Å². The van der Waals surface area contributed by atoms with E-state index in [1.165, 1.54) is 42.5 Å². The van der Waals surface area contributed by atoms with E-state index in [1.807, 2.05) is 0 Å². The summed E-state index contributed by atoms with van der Waals surface area (Å²) in [5.74, 6) is -3.13. The van der Waals surface area contributed by atoms with Gasteiger partial charge >= 0.3 is 6.18 Å². The van der Waals surface area contributed by atoms with Gasteiger partial charge in [-0.25, -0.2) is 8.78 Å². The first kappa shape index (κ1) is 29.9. The zero-order valence-electron chi connectivity index (χ0n) is 23.3. The highest BCUT2D eigenvalue weighted by Gasteiger charge is 2.35. The average molecular weight is 591 g/mol. The first-order valence-electron chi connectivity index (χ1n) is 14.2. The molecule has 0 bridgehead atoms. The van der Waals surface area contributed by atoms with E-state index >= 15 is 0 Å². The molecular weight excluding hydrogens is 555 g/mol. The van der Waals surface area contributed by atoms with Gasteiger partial charge < -0.3 is 30.7 Å². The fourth-order valence-corrected chi connectivity index (χ4v) is 5.22. The maximum atomic E-state index is 14.5. The van der Waals surface area contributed by atoms with Crippen LogP contribution in [0.2, 0.25) is 0 Å². The summed E-state index contributed by atoms with van der Waals surface area (Å²) in [6.45, 7) is 4.14. The molecule has 0 saturated carbocycles. The Morgan fingerprint density at radius 3 is 1.74 bits per heavy atom. The van der Waals surface area contributed by atoms with Gasteiger partial charge in [-0.3, -0.25) is 0 Å². The van der Waals surface area contributed by atoms with Crippen LogP contribution in [0, 0.1) is 0 Å². The second kappa shape index (κ2) is 12.7. The number of halogens is 5. The number of nitrogens with one attached hydrogen (secondary N) is 4. The third kappa shape index (κ3) is 7.83. The Bertz CT molecular complexity index is 1230. The minimum atomic E-state index is -4.62.